The van der Waals surface area contributed by atoms with Crippen molar-refractivity contribution in [2.24, 2.45) is 11.8 Å². The van der Waals surface area contributed by atoms with Crippen molar-refractivity contribution >= 4 is 5.91 Å². The summed E-state index contributed by atoms with van der Waals surface area (Å²) in [5.74, 6) is 2.74. The smallest absolute Gasteiger partial charge is 0.273 e. The molecule has 1 fully saturated rings. The Morgan fingerprint density at radius 3 is 2.86 bits per heavy atom. The average molecular weight is 383 g/mol. The lowest BCUT2D eigenvalue weighted by Crippen LogP contribution is -2.40. The van der Waals surface area contributed by atoms with Gasteiger partial charge in [0.05, 0.1) is 11.1 Å². The van der Waals surface area contributed by atoms with Gasteiger partial charge in [0.25, 0.3) is 5.91 Å². The van der Waals surface area contributed by atoms with Crippen molar-refractivity contribution in [1.82, 2.24) is 15.4 Å². The number of hydrogen-bond donors (Lipinski definition) is 1. The van der Waals surface area contributed by atoms with Gasteiger partial charge in [0.15, 0.2) is 11.5 Å². The molecule has 1 aromatic carbocycles. The first kappa shape index (κ1) is 19.0. The number of rotatable bonds is 5. The molecule has 1 saturated heterocycles. The third-order valence-corrected chi connectivity index (χ3v) is 5.64. The molecule has 1 aromatic heterocycles. The van der Waals surface area contributed by atoms with E-state index in [2.05, 4.69) is 29.2 Å². The van der Waals surface area contributed by atoms with Crippen LogP contribution in [-0.4, -0.2) is 42.1 Å². The van der Waals surface area contributed by atoms with Crippen molar-refractivity contribution in [3.8, 4) is 17.1 Å². The third-order valence-electron chi connectivity index (χ3n) is 5.64. The molecule has 0 saturated carbocycles. The lowest BCUT2D eigenvalue weighted by atomic mass is 9.92. The molecule has 2 aromatic rings. The van der Waals surface area contributed by atoms with Gasteiger partial charge >= 0.3 is 0 Å². The Morgan fingerprint density at radius 1 is 1.29 bits per heavy atom. The Labute approximate surface area is 166 Å². The molecular formula is C22H29N3O3. The van der Waals surface area contributed by atoms with Gasteiger partial charge in [0.2, 0.25) is 0 Å². The van der Waals surface area contributed by atoms with E-state index in [0.717, 1.165) is 60.3 Å². The monoisotopic (exact) mass is 383 g/mol. The molecule has 3 heterocycles. The first-order valence-corrected chi connectivity index (χ1v) is 10.2. The van der Waals surface area contributed by atoms with E-state index in [1.165, 1.54) is 6.42 Å². The van der Waals surface area contributed by atoms with E-state index in [1.807, 2.05) is 25.1 Å². The van der Waals surface area contributed by atoms with E-state index in [0.29, 0.717) is 24.6 Å². The van der Waals surface area contributed by atoms with E-state index in [1.54, 1.807) is 0 Å². The first-order valence-electron chi connectivity index (χ1n) is 10.2. The average Bonchev–Trinajstić information content (AvgIpc) is 3.09. The van der Waals surface area contributed by atoms with Crippen LogP contribution in [0.25, 0.3) is 11.3 Å². The summed E-state index contributed by atoms with van der Waals surface area (Å²) in [7, 11) is 0. The molecular weight excluding hydrogens is 354 g/mol. The number of benzene rings is 1. The van der Waals surface area contributed by atoms with Crippen LogP contribution in [0, 0.1) is 18.8 Å². The number of piperidine rings is 1. The fourth-order valence-corrected chi connectivity index (χ4v) is 4.49. The van der Waals surface area contributed by atoms with Gasteiger partial charge in [0, 0.05) is 19.6 Å². The number of hydrogen-bond acceptors (Lipinski definition) is 5. The predicted octanol–water partition coefficient (Wildman–Crippen LogP) is 3.64. The second kappa shape index (κ2) is 7.95. The van der Waals surface area contributed by atoms with Crippen molar-refractivity contribution in [3.05, 3.63) is 35.0 Å². The fourth-order valence-electron chi connectivity index (χ4n) is 4.49. The van der Waals surface area contributed by atoms with Crippen LogP contribution in [-0.2, 0) is 6.61 Å². The van der Waals surface area contributed by atoms with Crippen LogP contribution in [0.1, 0.15) is 48.3 Å². The van der Waals surface area contributed by atoms with Crippen molar-refractivity contribution in [3.63, 3.8) is 0 Å². The van der Waals surface area contributed by atoms with Crippen LogP contribution < -0.4 is 10.1 Å². The molecule has 0 bridgehead atoms. The molecule has 6 nitrogen and oxygen atoms in total. The van der Waals surface area contributed by atoms with Gasteiger partial charge in [-0.3, -0.25) is 4.79 Å². The number of carbonyl (C=O) groups excluding carboxylic acids is 1. The topological polar surface area (TPSA) is 67.6 Å². The van der Waals surface area contributed by atoms with Crippen LogP contribution in [0.5, 0.6) is 5.75 Å². The number of nitrogens with one attached hydrogen (secondary N) is 1. The van der Waals surface area contributed by atoms with Crippen LogP contribution >= 0.6 is 0 Å². The lowest BCUT2D eigenvalue weighted by molar-refractivity contribution is 0.0936. The molecule has 2 aliphatic heterocycles. The highest BCUT2D eigenvalue weighted by Crippen LogP contribution is 2.39. The Kier molecular flexibility index (Phi) is 5.40. The molecule has 6 heteroatoms. The maximum Gasteiger partial charge on any atom is 0.273 e. The number of carbonyl (C=O) groups is 1. The molecule has 2 atom stereocenters. The normalized spacial score (nSPS) is 21.5. The second-order valence-electron chi connectivity index (χ2n) is 8.44. The predicted molar refractivity (Wildman–Crippen MR) is 107 cm³/mol. The molecule has 0 unspecified atom stereocenters. The Bertz CT molecular complexity index is 851. The second-order valence-corrected chi connectivity index (χ2v) is 8.44. The number of aromatic nitrogens is 1. The number of ether oxygens (including phenoxy) is 1. The zero-order valence-electron chi connectivity index (χ0n) is 17.0. The van der Waals surface area contributed by atoms with E-state index in [4.69, 9.17) is 9.26 Å². The summed E-state index contributed by atoms with van der Waals surface area (Å²) in [4.78, 5) is 15.1. The number of amides is 1. The highest BCUT2D eigenvalue weighted by Gasteiger charge is 2.29. The molecule has 1 N–H and O–H groups in total. The molecule has 4 rings (SSSR count). The Morgan fingerprint density at radius 2 is 2.07 bits per heavy atom. The minimum absolute atomic E-state index is 0.190. The van der Waals surface area contributed by atoms with Gasteiger partial charge in [0.1, 0.15) is 12.4 Å². The fraction of sp³-hybridized carbons (Fsp3) is 0.545. The van der Waals surface area contributed by atoms with Crippen molar-refractivity contribution in [1.29, 1.82) is 0 Å². The summed E-state index contributed by atoms with van der Waals surface area (Å²) in [6.07, 6.45) is 2.25. The SMILES string of the molecule is Cc1ccc2c(c1)-c1onc(C(=O)NCCCN3C[C@@H](C)C[C@H](C)C3)c1CO2. The Balaban J connectivity index is 1.34. The molecule has 1 amide bonds. The molecule has 0 radical (unpaired) electrons. The van der Waals surface area contributed by atoms with Gasteiger partial charge in [-0.25, -0.2) is 0 Å². The van der Waals surface area contributed by atoms with E-state index in [9.17, 15) is 4.79 Å². The summed E-state index contributed by atoms with van der Waals surface area (Å²) >= 11 is 0. The summed E-state index contributed by atoms with van der Waals surface area (Å²) in [5.41, 5.74) is 3.04. The zero-order valence-corrected chi connectivity index (χ0v) is 17.0. The van der Waals surface area contributed by atoms with Crippen LogP contribution in [0.15, 0.2) is 22.7 Å². The first-order chi connectivity index (χ1) is 13.5. The molecule has 2 aliphatic rings. The minimum atomic E-state index is -0.190. The van der Waals surface area contributed by atoms with E-state index >= 15 is 0 Å². The van der Waals surface area contributed by atoms with Crippen LogP contribution in [0.3, 0.4) is 0 Å². The highest BCUT2D eigenvalue weighted by atomic mass is 16.5. The number of fused-ring (bicyclic) bond motifs is 3. The molecule has 28 heavy (non-hydrogen) atoms. The van der Waals surface area contributed by atoms with Crippen molar-refractivity contribution < 1.29 is 14.1 Å². The van der Waals surface area contributed by atoms with Gasteiger partial charge in [-0.05, 0) is 50.3 Å². The minimum Gasteiger partial charge on any atom is -0.488 e. The number of likely N-dealkylation sites (tertiary alicyclic amines) is 1. The lowest BCUT2D eigenvalue weighted by Gasteiger charge is -2.34. The number of nitrogens with zero attached hydrogens (tertiary/aromatic N) is 2. The molecule has 0 spiro atoms. The van der Waals surface area contributed by atoms with Crippen molar-refractivity contribution in [2.45, 2.75) is 40.2 Å². The quantitative estimate of drug-likeness (QED) is 0.799. The molecule has 0 aliphatic carbocycles. The van der Waals surface area contributed by atoms with E-state index in [-0.39, 0.29) is 5.91 Å². The van der Waals surface area contributed by atoms with Crippen molar-refractivity contribution in [2.75, 3.05) is 26.2 Å². The maximum atomic E-state index is 12.6. The highest BCUT2D eigenvalue weighted by molar-refractivity contribution is 5.95. The summed E-state index contributed by atoms with van der Waals surface area (Å²) in [6, 6.07) is 5.93. The largest absolute Gasteiger partial charge is 0.488 e. The van der Waals surface area contributed by atoms with Gasteiger partial charge < -0.3 is 19.5 Å². The standard InChI is InChI=1S/C22H29N3O3/c1-14-5-6-19-17(10-14)21-18(13-27-19)20(24-28-21)22(26)23-7-4-8-25-11-15(2)9-16(3)12-25/h5-6,10,15-16H,4,7-9,11-13H2,1-3H3,(H,23,26)/t15-,16-/m0/s1. The third kappa shape index (κ3) is 3.92. The van der Waals surface area contributed by atoms with Crippen LogP contribution in [0.4, 0.5) is 0 Å². The zero-order chi connectivity index (χ0) is 19.7. The van der Waals surface area contributed by atoms with Crippen LogP contribution in [0.2, 0.25) is 0 Å². The summed E-state index contributed by atoms with van der Waals surface area (Å²) < 4.78 is 11.3. The van der Waals surface area contributed by atoms with E-state index < -0.39 is 0 Å². The maximum absolute atomic E-state index is 12.6. The number of aryl methyl sites for hydroxylation is 1. The van der Waals surface area contributed by atoms with Gasteiger partial charge in [-0.2, -0.15) is 0 Å². The van der Waals surface area contributed by atoms with Gasteiger partial charge in [-0.1, -0.05) is 30.6 Å². The van der Waals surface area contributed by atoms with Gasteiger partial charge in [-0.15, -0.1) is 0 Å². The Hall–Kier alpha value is -2.34. The summed E-state index contributed by atoms with van der Waals surface area (Å²) in [5, 5.41) is 7.03. The summed E-state index contributed by atoms with van der Waals surface area (Å²) in [6.45, 7) is 10.9. The molecule has 150 valence electrons.